The second-order valence-electron chi connectivity index (χ2n) is 6.39. The minimum Gasteiger partial charge on any atom is -0.481 e. The Morgan fingerprint density at radius 1 is 0.950 bits per heavy atom. The van der Waals surface area contributed by atoms with Gasteiger partial charge in [0, 0.05) is 0 Å². The van der Waals surface area contributed by atoms with Gasteiger partial charge in [-0.25, -0.2) is 0 Å². The second-order valence-corrected chi connectivity index (χ2v) is 6.39. The fourth-order valence-electron chi connectivity index (χ4n) is 4.08. The van der Waals surface area contributed by atoms with Crippen LogP contribution in [0.2, 0.25) is 0 Å². The van der Waals surface area contributed by atoms with Gasteiger partial charge in [-0.05, 0) is 43.9 Å². The number of aliphatic carboxylic acids is 1. The molecule has 0 amide bonds. The average Bonchev–Trinajstić information content (AvgIpc) is 2.93. The number of allylic oxidation sites excluding steroid dienone is 2. The van der Waals surface area contributed by atoms with E-state index in [-0.39, 0.29) is 23.9 Å². The van der Waals surface area contributed by atoms with Crippen molar-refractivity contribution >= 4 is 11.9 Å². The first-order chi connectivity index (χ1) is 9.66. The number of fused-ring (bicyclic) bond motifs is 2. The third-order valence-electron chi connectivity index (χ3n) is 5.10. The van der Waals surface area contributed by atoms with Gasteiger partial charge in [-0.15, -0.1) is 0 Å². The molecule has 0 saturated heterocycles. The lowest BCUT2D eigenvalue weighted by molar-refractivity contribution is -0.162. The van der Waals surface area contributed by atoms with E-state index in [1.807, 2.05) is 12.2 Å². The van der Waals surface area contributed by atoms with E-state index in [0.717, 1.165) is 32.1 Å². The van der Waals surface area contributed by atoms with E-state index in [1.165, 1.54) is 12.8 Å². The molecule has 4 unspecified atom stereocenters. The highest BCUT2D eigenvalue weighted by Crippen LogP contribution is 2.48. The Balaban J connectivity index is 1.66. The lowest BCUT2D eigenvalue weighted by Gasteiger charge is -2.25. The Morgan fingerprint density at radius 2 is 1.55 bits per heavy atom. The van der Waals surface area contributed by atoms with Gasteiger partial charge in [-0.2, -0.15) is 0 Å². The minimum atomic E-state index is -0.857. The predicted octanol–water partition coefficient (Wildman–Crippen LogP) is 2.78. The number of carbonyl (C=O) groups excluding carboxylic acids is 1. The van der Waals surface area contributed by atoms with Crippen LogP contribution in [0.5, 0.6) is 0 Å². The molecule has 3 rings (SSSR count). The fourth-order valence-corrected chi connectivity index (χ4v) is 4.08. The van der Waals surface area contributed by atoms with E-state index in [2.05, 4.69) is 0 Å². The van der Waals surface area contributed by atoms with Gasteiger partial charge in [0.05, 0.1) is 11.8 Å². The van der Waals surface area contributed by atoms with Crippen LogP contribution >= 0.6 is 0 Å². The molecule has 0 aromatic rings. The number of esters is 1. The van der Waals surface area contributed by atoms with Gasteiger partial charge in [0.2, 0.25) is 0 Å². The molecule has 2 fully saturated rings. The topological polar surface area (TPSA) is 63.6 Å². The number of ether oxygens (including phenoxy) is 1. The number of hydrogen-bond acceptors (Lipinski definition) is 3. The van der Waals surface area contributed by atoms with Gasteiger partial charge in [-0.3, -0.25) is 9.59 Å². The van der Waals surface area contributed by atoms with E-state index in [4.69, 9.17) is 4.74 Å². The van der Waals surface area contributed by atoms with Crippen molar-refractivity contribution in [3.05, 3.63) is 12.2 Å². The summed E-state index contributed by atoms with van der Waals surface area (Å²) in [6.07, 6.45) is 11.3. The van der Waals surface area contributed by atoms with Crippen molar-refractivity contribution in [2.24, 2.45) is 23.7 Å². The van der Waals surface area contributed by atoms with E-state index in [9.17, 15) is 14.7 Å². The van der Waals surface area contributed by atoms with Gasteiger partial charge in [0.25, 0.3) is 0 Å². The smallest absolute Gasteiger partial charge is 0.310 e. The molecule has 4 nitrogen and oxygen atoms in total. The summed E-state index contributed by atoms with van der Waals surface area (Å²) < 4.78 is 5.65. The van der Waals surface area contributed by atoms with E-state index in [1.54, 1.807) is 0 Å². The number of carbonyl (C=O) groups is 2. The van der Waals surface area contributed by atoms with Crippen LogP contribution < -0.4 is 0 Å². The Morgan fingerprint density at radius 3 is 2.15 bits per heavy atom. The zero-order valence-electron chi connectivity index (χ0n) is 11.7. The Kier molecular flexibility index (Phi) is 3.81. The monoisotopic (exact) mass is 278 g/mol. The molecular weight excluding hydrogens is 256 g/mol. The molecule has 20 heavy (non-hydrogen) atoms. The van der Waals surface area contributed by atoms with Gasteiger partial charge in [0.15, 0.2) is 0 Å². The summed E-state index contributed by atoms with van der Waals surface area (Å²) in [6.45, 7) is 0. The van der Waals surface area contributed by atoms with Crippen LogP contribution in [0.25, 0.3) is 0 Å². The molecule has 2 bridgehead atoms. The maximum Gasteiger partial charge on any atom is 0.310 e. The quantitative estimate of drug-likeness (QED) is 0.490. The standard InChI is InChI=1S/C16H22O4/c17-15(18)13-10-7-8-11(9-10)14(13)16(19)20-12-5-3-1-2-4-6-12/h7-8,10-14H,1-6,9H2,(H,17,18). The van der Waals surface area contributed by atoms with Crippen LogP contribution in [0.3, 0.4) is 0 Å². The summed E-state index contributed by atoms with van der Waals surface area (Å²) in [5.74, 6) is -2.09. The molecule has 0 radical (unpaired) electrons. The van der Waals surface area contributed by atoms with Crippen molar-refractivity contribution in [1.82, 2.24) is 0 Å². The zero-order chi connectivity index (χ0) is 14.1. The van der Waals surface area contributed by atoms with Crippen molar-refractivity contribution < 1.29 is 19.4 Å². The molecule has 3 aliphatic rings. The molecule has 2 saturated carbocycles. The second kappa shape index (κ2) is 5.58. The summed E-state index contributed by atoms with van der Waals surface area (Å²) in [7, 11) is 0. The third kappa shape index (κ3) is 2.48. The minimum absolute atomic E-state index is 0.00236. The summed E-state index contributed by atoms with van der Waals surface area (Å²) >= 11 is 0. The molecule has 4 atom stereocenters. The normalized spacial score (nSPS) is 36.8. The van der Waals surface area contributed by atoms with Gasteiger partial charge in [0.1, 0.15) is 6.10 Å². The summed E-state index contributed by atoms with van der Waals surface area (Å²) in [5.41, 5.74) is 0. The molecule has 3 aliphatic carbocycles. The molecule has 4 heteroatoms. The van der Waals surface area contributed by atoms with Gasteiger partial charge < -0.3 is 9.84 Å². The highest BCUT2D eigenvalue weighted by Gasteiger charge is 2.52. The Hall–Kier alpha value is -1.32. The van der Waals surface area contributed by atoms with Crippen LogP contribution in [0.4, 0.5) is 0 Å². The van der Waals surface area contributed by atoms with Crippen LogP contribution in [-0.2, 0) is 14.3 Å². The SMILES string of the molecule is O=C(O)C1C2C=CC(C2)C1C(=O)OC1CCCCCC1. The average molecular weight is 278 g/mol. The molecule has 1 N–H and O–H groups in total. The van der Waals surface area contributed by atoms with E-state index in [0.29, 0.717) is 0 Å². The highest BCUT2D eigenvalue weighted by molar-refractivity contribution is 5.83. The van der Waals surface area contributed by atoms with E-state index >= 15 is 0 Å². The van der Waals surface area contributed by atoms with Crippen molar-refractivity contribution in [2.75, 3.05) is 0 Å². The third-order valence-corrected chi connectivity index (χ3v) is 5.10. The number of carboxylic acids is 1. The molecule has 0 aromatic carbocycles. The number of carboxylic acid groups (broad SMARTS) is 1. The maximum atomic E-state index is 12.4. The van der Waals surface area contributed by atoms with Crippen LogP contribution in [0, 0.1) is 23.7 Å². The van der Waals surface area contributed by atoms with Crippen molar-refractivity contribution in [3.8, 4) is 0 Å². The first-order valence-corrected chi connectivity index (χ1v) is 7.78. The molecule has 0 spiro atoms. The van der Waals surface area contributed by atoms with Crippen LogP contribution in [0.15, 0.2) is 12.2 Å². The van der Waals surface area contributed by atoms with Crippen molar-refractivity contribution in [1.29, 1.82) is 0 Å². The first kappa shape index (κ1) is 13.7. The predicted molar refractivity (Wildman–Crippen MR) is 72.9 cm³/mol. The lowest BCUT2D eigenvalue weighted by atomic mass is 9.83. The Bertz CT molecular complexity index is 420. The van der Waals surface area contributed by atoms with Crippen LogP contribution in [0.1, 0.15) is 44.9 Å². The zero-order valence-corrected chi connectivity index (χ0v) is 11.7. The first-order valence-electron chi connectivity index (χ1n) is 7.78. The van der Waals surface area contributed by atoms with Gasteiger partial charge >= 0.3 is 11.9 Å². The lowest BCUT2D eigenvalue weighted by Crippen LogP contribution is -2.35. The highest BCUT2D eigenvalue weighted by atomic mass is 16.5. The summed E-state index contributed by atoms with van der Waals surface area (Å²) in [4.78, 5) is 23.8. The largest absolute Gasteiger partial charge is 0.481 e. The molecule has 0 aromatic heterocycles. The molecule has 0 aliphatic heterocycles. The number of rotatable bonds is 3. The summed E-state index contributed by atoms with van der Waals surface area (Å²) in [5, 5.41) is 9.36. The van der Waals surface area contributed by atoms with E-state index < -0.39 is 17.8 Å². The fraction of sp³-hybridized carbons (Fsp3) is 0.750. The Labute approximate surface area is 119 Å². The number of hydrogen-bond donors (Lipinski definition) is 1. The van der Waals surface area contributed by atoms with Gasteiger partial charge in [-0.1, -0.05) is 25.0 Å². The van der Waals surface area contributed by atoms with Crippen molar-refractivity contribution in [3.63, 3.8) is 0 Å². The van der Waals surface area contributed by atoms with Crippen molar-refractivity contribution in [2.45, 2.75) is 51.0 Å². The molecule has 0 heterocycles. The molecule has 110 valence electrons. The van der Waals surface area contributed by atoms with Crippen LogP contribution in [-0.4, -0.2) is 23.1 Å². The maximum absolute atomic E-state index is 12.4. The summed E-state index contributed by atoms with van der Waals surface area (Å²) in [6, 6.07) is 0. The molecular formula is C16H22O4.